The van der Waals surface area contributed by atoms with Crippen molar-refractivity contribution < 1.29 is 9.90 Å². The molecule has 0 radical (unpaired) electrons. The Kier molecular flexibility index (Phi) is 2.75. The van der Waals surface area contributed by atoms with E-state index in [1.54, 1.807) is 0 Å². The first-order chi connectivity index (χ1) is 7.24. The zero-order chi connectivity index (χ0) is 10.8. The summed E-state index contributed by atoms with van der Waals surface area (Å²) in [6, 6.07) is 0. The van der Waals surface area contributed by atoms with Crippen LogP contribution in [-0.4, -0.2) is 21.3 Å². The van der Waals surface area contributed by atoms with Crippen LogP contribution in [0.1, 0.15) is 60.3 Å². The Hall–Kier alpha value is -1.32. The van der Waals surface area contributed by atoms with Crippen molar-refractivity contribution in [3.63, 3.8) is 0 Å². The first kappa shape index (κ1) is 10.2. The highest BCUT2D eigenvalue weighted by molar-refractivity contribution is 5.87. The normalized spacial score (nSPS) is 17.1. The summed E-state index contributed by atoms with van der Waals surface area (Å²) in [6.45, 7) is 1.98. The van der Waals surface area contributed by atoms with Crippen molar-refractivity contribution in [1.82, 2.24) is 10.2 Å². The molecule has 0 amide bonds. The van der Waals surface area contributed by atoms with Crippen LogP contribution >= 0.6 is 0 Å². The molecule has 0 aromatic carbocycles. The average Bonchev–Trinajstić information content (AvgIpc) is 2.85. The van der Waals surface area contributed by atoms with Crippen LogP contribution in [0.4, 0.5) is 0 Å². The van der Waals surface area contributed by atoms with Crippen molar-refractivity contribution in [2.75, 3.05) is 0 Å². The van der Waals surface area contributed by atoms with E-state index in [4.69, 9.17) is 5.11 Å². The summed E-state index contributed by atoms with van der Waals surface area (Å²) in [5, 5.41) is 15.8. The highest BCUT2D eigenvalue weighted by Crippen LogP contribution is 2.35. The number of carboxylic acid groups (broad SMARTS) is 1. The largest absolute Gasteiger partial charge is 0.476 e. The molecule has 2 rings (SSSR count). The molecule has 15 heavy (non-hydrogen) atoms. The van der Waals surface area contributed by atoms with Crippen molar-refractivity contribution in [2.24, 2.45) is 0 Å². The second-order valence-electron chi connectivity index (χ2n) is 4.10. The first-order valence-electron chi connectivity index (χ1n) is 5.54. The summed E-state index contributed by atoms with van der Waals surface area (Å²) in [6.07, 6.45) is 5.55. The minimum atomic E-state index is -0.924. The van der Waals surface area contributed by atoms with E-state index in [1.165, 1.54) is 12.8 Å². The fourth-order valence-electron chi connectivity index (χ4n) is 2.47. The van der Waals surface area contributed by atoms with Crippen molar-refractivity contribution in [1.29, 1.82) is 0 Å². The monoisotopic (exact) mass is 208 g/mol. The maximum Gasteiger partial charge on any atom is 0.356 e. The van der Waals surface area contributed by atoms with Crippen molar-refractivity contribution in [2.45, 2.75) is 44.9 Å². The van der Waals surface area contributed by atoms with Gasteiger partial charge in [-0.1, -0.05) is 19.8 Å². The third-order valence-corrected chi connectivity index (χ3v) is 3.22. The zero-order valence-electron chi connectivity index (χ0n) is 8.92. The molecule has 1 aliphatic rings. The molecule has 82 valence electrons. The standard InChI is InChI=1S/C11H16N2O2/c1-2-8-9(7-5-3-4-6-7)12-13-10(8)11(14)15/h7H,2-6H2,1H3,(H,12,13)(H,14,15). The van der Waals surface area contributed by atoms with E-state index in [9.17, 15) is 4.79 Å². The van der Waals surface area contributed by atoms with Gasteiger partial charge in [-0.2, -0.15) is 5.10 Å². The van der Waals surface area contributed by atoms with Gasteiger partial charge in [0.2, 0.25) is 0 Å². The number of aromatic nitrogens is 2. The summed E-state index contributed by atoms with van der Waals surface area (Å²) >= 11 is 0. The van der Waals surface area contributed by atoms with E-state index in [0.717, 1.165) is 30.5 Å². The Morgan fingerprint density at radius 2 is 2.20 bits per heavy atom. The molecule has 4 nitrogen and oxygen atoms in total. The molecule has 0 atom stereocenters. The zero-order valence-corrected chi connectivity index (χ0v) is 8.92. The summed E-state index contributed by atoms with van der Waals surface area (Å²) in [7, 11) is 0. The van der Waals surface area contributed by atoms with Crippen LogP contribution in [0, 0.1) is 0 Å². The van der Waals surface area contributed by atoms with Crippen molar-refractivity contribution >= 4 is 5.97 Å². The molecule has 0 aliphatic heterocycles. The highest BCUT2D eigenvalue weighted by Gasteiger charge is 2.25. The highest BCUT2D eigenvalue weighted by atomic mass is 16.4. The Morgan fingerprint density at radius 3 is 2.73 bits per heavy atom. The second-order valence-corrected chi connectivity index (χ2v) is 4.10. The summed E-state index contributed by atoms with van der Waals surface area (Å²) in [5.74, 6) is -0.423. The van der Waals surface area contributed by atoms with Crippen LogP contribution in [-0.2, 0) is 6.42 Å². The van der Waals surface area contributed by atoms with E-state index < -0.39 is 5.97 Å². The third kappa shape index (κ3) is 1.76. The van der Waals surface area contributed by atoms with Crippen molar-refractivity contribution in [3.8, 4) is 0 Å². The molecule has 1 aliphatic carbocycles. The molecule has 4 heteroatoms. The molecule has 1 aromatic heterocycles. The lowest BCUT2D eigenvalue weighted by atomic mass is 9.97. The van der Waals surface area contributed by atoms with E-state index in [2.05, 4.69) is 10.2 Å². The quantitative estimate of drug-likeness (QED) is 0.801. The molecule has 1 heterocycles. The van der Waals surface area contributed by atoms with Gasteiger partial charge < -0.3 is 5.11 Å². The van der Waals surface area contributed by atoms with E-state index in [1.807, 2.05) is 6.92 Å². The van der Waals surface area contributed by atoms with Gasteiger partial charge in [0.1, 0.15) is 0 Å². The Balaban J connectivity index is 2.34. The number of carboxylic acids is 1. The number of hydrogen-bond donors (Lipinski definition) is 2. The maximum atomic E-state index is 10.9. The number of nitrogens with one attached hydrogen (secondary N) is 1. The van der Waals surface area contributed by atoms with Crippen LogP contribution in [0.2, 0.25) is 0 Å². The molecular weight excluding hydrogens is 192 g/mol. The Labute approximate surface area is 88.7 Å². The lowest BCUT2D eigenvalue weighted by molar-refractivity contribution is 0.0689. The summed E-state index contributed by atoms with van der Waals surface area (Å²) in [4.78, 5) is 10.9. The van der Waals surface area contributed by atoms with Crippen LogP contribution in [0.15, 0.2) is 0 Å². The van der Waals surface area contributed by atoms with E-state index in [-0.39, 0.29) is 5.69 Å². The minimum Gasteiger partial charge on any atom is -0.476 e. The summed E-state index contributed by atoms with van der Waals surface area (Å²) in [5.41, 5.74) is 2.17. The lowest BCUT2D eigenvalue weighted by Crippen LogP contribution is -2.03. The van der Waals surface area contributed by atoms with Crippen LogP contribution < -0.4 is 0 Å². The Bertz CT molecular complexity index is 365. The molecular formula is C11H16N2O2. The number of H-pyrrole nitrogens is 1. The maximum absolute atomic E-state index is 10.9. The van der Waals surface area contributed by atoms with Crippen molar-refractivity contribution in [3.05, 3.63) is 17.0 Å². The number of hydrogen-bond acceptors (Lipinski definition) is 2. The predicted molar refractivity (Wildman–Crippen MR) is 56.1 cm³/mol. The number of aromatic carboxylic acids is 1. The van der Waals surface area contributed by atoms with Gasteiger partial charge >= 0.3 is 5.97 Å². The van der Waals surface area contributed by atoms with E-state index >= 15 is 0 Å². The summed E-state index contributed by atoms with van der Waals surface area (Å²) < 4.78 is 0. The number of rotatable bonds is 3. The Morgan fingerprint density at radius 1 is 1.53 bits per heavy atom. The molecule has 1 fully saturated rings. The van der Waals surface area contributed by atoms with E-state index in [0.29, 0.717) is 5.92 Å². The van der Waals surface area contributed by atoms with Crippen LogP contribution in [0.5, 0.6) is 0 Å². The fourth-order valence-corrected chi connectivity index (χ4v) is 2.47. The first-order valence-corrected chi connectivity index (χ1v) is 5.54. The number of carbonyl (C=O) groups is 1. The average molecular weight is 208 g/mol. The van der Waals surface area contributed by atoms with Gasteiger partial charge in [0, 0.05) is 17.2 Å². The van der Waals surface area contributed by atoms with Gasteiger partial charge in [-0.15, -0.1) is 0 Å². The third-order valence-electron chi connectivity index (χ3n) is 3.22. The number of aromatic amines is 1. The molecule has 0 unspecified atom stereocenters. The molecule has 1 saturated carbocycles. The van der Waals surface area contributed by atoms with Crippen LogP contribution in [0.3, 0.4) is 0 Å². The molecule has 1 aromatic rings. The van der Waals surface area contributed by atoms with Gasteiger partial charge in [0.05, 0.1) is 0 Å². The fraction of sp³-hybridized carbons (Fsp3) is 0.636. The molecule has 2 N–H and O–H groups in total. The smallest absolute Gasteiger partial charge is 0.356 e. The SMILES string of the molecule is CCc1c(C(=O)O)n[nH]c1C1CCCC1. The van der Waals surface area contributed by atoms with Gasteiger partial charge in [0.25, 0.3) is 0 Å². The van der Waals surface area contributed by atoms with Gasteiger partial charge in [0.15, 0.2) is 5.69 Å². The molecule has 0 saturated heterocycles. The van der Waals surface area contributed by atoms with Gasteiger partial charge in [-0.3, -0.25) is 5.10 Å². The second kappa shape index (κ2) is 4.04. The minimum absolute atomic E-state index is 0.208. The van der Waals surface area contributed by atoms with Crippen LogP contribution in [0.25, 0.3) is 0 Å². The number of nitrogens with zero attached hydrogens (tertiary/aromatic N) is 1. The molecule has 0 bridgehead atoms. The van der Waals surface area contributed by atoms with Gasteiger partial charge in [-0.25, -0.2) is 4.79 Å². The topological polar surface area (TPSA) is 66.0 Å². The lowest BCUT2D eigenvalue weighted by Gasteiger charge is -2.08. The molecule has 0 spiro atoms. The predicted octanol–water partition coefficient (Wildman–Crippen LogP) is 2.33. The van der Waals surface area contributed by atoms with Gasteiger partial charge in [-0.05, 0) is 19.3 Å².